The van der Waals surface area contributed by atoms with Crippen LogP contribution in [0.4, 0.5) is 10.1 Å². The molecule has 0 atom stereocenters. The van der Waals surface area contributed by atoms with E-state index in [1.807, 2.05) is 0 Å². The summed E-state index contributed by atoms with van der Waals surface area (Å²) >= 11 is 0. The van der Waals surface area contributed by atoms with Crippen molar-refractivity contribution in [3.05, 3.63) is 65.0 Å². The van der Waals surface area contributed by atoms with Crippen LogP contribution >= 0.6 is 0 Å². The molecule has 21 heavy (non-hydrogen) atoms. The average molecular weight is 284 g/mol. The van der Waals surface area contributed by atoms with Crippen molar-refractivity contribution in [1.29, 1.82) is 0 Å². The molecule has 106 valence electrons. The van der Waals surface area contributed by atoms with Gasteiger partial charge < -0.3 is 5.73 Å². The third-order valence-electron chi connectivity index (χ3n) is 3.57. The molecule has 0 aliphatic carbocycles. The fourth-order valence-corrected chi connectivity index (χ4v) is 2.44. The lowest BCUT2D eigenvalue weighted by molar-refractivity contribution is -0.128. The van der Waals surface area contributed by atoms with Gasteiger partial charge in [0, 0.05) is 11.3 Å². The van der Waals surface area contributed by atoms with Crippen LogP contribution in [0.2, 0.25) is 0 Å². The molecule has 5 heteroatoms. The molecule has 0 aromatic heterocycles. The minimum Gasteiger partial charge on any atom is -0.398 e. The van der Waals surface area contributed by atoms with Gasteiger partial charge in [0.2, 0.25) is 5.91 Å². The second-order valence-electron chi connectivity index (χ2n) is 4.96. The summed E-state index contributed by atoms with van der Waals surface area (Å²) < 4.78 is 13.3. The number of hydrogen-bond acceptors (Lipinski definition) is 3. The Morgan fingerprint density at radius 3 is 2.71 bits per heavy atom. The summed E-state index contributed by atoms with van der Waals surface area (Å²) in [4.78, 5) is 25.7. The first-order valence-electron chi connectivity index (χ1n) is 6.53. The molecular formula is C16H13FN2O2. The van der Waals surface area contributed by atoms with Crippen LogP contribution < -0.4 is 5.73 Å². The van der Waals surface area contributed by atoms with Crippen LogP contribution in [-0.4, -0.2) is 16.7 Å². The lowest BCUT2D eigenvalue weighted by atomic mass is 9.98. The number of carbonyl (C=O) groups is 2. The van der Waals surface area contributed by atoms with Gasteiger partial charge in [-0.25, -0.2) is 4.39 Å². The van der Waals surface area contributed by atoms with E-state index in [2.05, 4.69) is 0 Å². The minimum atomic E-state index is -0.448. The van der Waals surface area contributed by atoms with Gasteiger partial charge in [-0.15, -0.1) is 0 Å². The van der Waals surface area contributed by atoms with Gasteiger partial charge in [-0.3, -0.25) is 14.5 Å². The van der Waals surface area contributed by atoms with E-state index in [4.69, 9.17) is 5.73 Å². The summed E-state index contributed by atoms with van der Waals surface area (Å²) in [7, 11) is 0. The van der Waals surface area contributed by atoms with Crippen LogP contribution in [-0.2, 0) is 17.8 Å². The van der Waals surface area contributed by atoms with E-state index < -0.39 is 5.82 Å². The van der Waals surface area contributed by atoms with Crippen molar-refractivity contribution in [3.8, 4) is 0 Å². The minimum absolute atomic E-state index is 0.0183. The first kappa shape index (κ1) is 13.3. The monoisotopic (exact) mass is 284 g/mol. The Labute approximate surface area is 121 Å². The Balaban J connectivity index is 1.95. The number of hydrogen-bond donors (Lipinski definition) is 1. The summed E-state index contributed by atoms with van der Waals surface area (Å²) in [5, 5.41) is 0. The van der Waals surface area contributed by atoms with Crippen molar-refractivity contribution in [2.45, 2.75) is 13.0 Å². The van der Waals surface area contributed by atoms with Crippen molar-refractivity contribution >= 4 is 17.5 Å². The fourth-order valence-electron chi connectivity index (χ4n) is 2.44. The maximum Gasteiger partial charge on any atom is 0.261 e. The number of rotatable bonds is 2. The number of anilines is 1. The normalized spacial score (nSPS) is 14.2. The number of nitrogen functional groups attached to an aromatic ring is 1. The maximum absolute atomic E-state index is 13.3. The molecule has 2 aromatic carbocycles. The van der Waals surface area contributed by atoms with E-state index in [9.17, 15) is 14.0 Å². The molecule has 1 aliphatic heterocycles. The number of imide groups is 1. The Morgan fingerprint density at radius 2 is 1.90 bits per heavy atom. The smallest absolute Gasteiger partial charge is 0.261 e. The highest BCUT2D eigenvalue weighted by molar-refractivity contribution is 6.09. The van der Waals surface area contributed by atoms with E-state index >= 15 is 0 Å². The van der Waals surface area contributed by atoms with Crippen LogP contribution in [0.3, 0.4) is 0 Å². The second-order valence-corrected chi connectivity index (χ2v) is 4.96. The molecular weight excluding hydrogens is 271 g/mol. The largest absolute Gasteiger partial charge is 0.398 e. The predicted molar refractivity (Wildman–Crippen MR) is 75.8 cm³/mol. The second kappa shape index (κ2) is 5.01. The Morgan fingerprint density at radius 1 is 1.14 bits per heavy atom. The van der Waals surface area contributed by atoms with Gasteiger partial charge in [0.15, 0.2) is 0 Å². The first-order valence-corrected chi connectivity index (χ1v) is 6.53. The summed E-state index contributed by atoms with van der Waals surface area (Å²) in [6.45, 7) is -0.0183. The van der Waals surface area contributed by atoms with Crippen LogP contribution in [0, 0.1) is 5.82 Å². The Bertz CT molecular complexity index is 743. The number of benzene rings is 2. The number of nitrogens with zero attached hydrogens (tertiary/aromatic N) is 1. The first-order chi connectivity index (χ1) is 10.1. The van der Waals surface area contributed by atoms with Crippen molar-refractivity contribution in [2.24, 2.45) is 0 Å². The molecule has 1 heterocycles. The molecule has 1 aliphatic rings. The molecule has 0 saturated carbocycles. The average Bonchev–Trinajstić information content (AvgIpc) is 2.47. The van der Waals surface area contributed by atoms with E-state index in [0.29, 0.717) is 16.8 Å². The van der Waals surface area contributed by atoms with Crippen molar-refractivity contribution < 1.29 is 14.0 Å². The molecule has 2 amide bonds. The summed E-state index contributed by atoms with van der Waals surface area (Å²) in [6.07, 6.45) is 0.164. The van der Waals surface area contributed by atoms with Crippen LogP contribution in [0.5, 0.6) is 0 Å². The highest BCUT2D eigenvalue weighted by atomic mass is 19.1. The molecule has 0 fully saturated rings. The summed E-state index contributed by atoms with van der Waals surface area (Å²) in [5.41, 5.74) is 7.79. The number of carbonyl (C=O) groups excluding carboxylic acids is 2. The lowest BCUT2D eigenvalue weighted by Gasteiger charge is -2.27. The molecule has 2 N–H and O–H groups in total. The number of nitrogens with two attached hydrogens (primary N) is 1. The molecule has 2 aromatic rings. The molecule has 0 saturated heterocycles. The molecule has 0 spiro atoms. The summed E-state index contributed by atoms with van der Waals surface area (Å²) in [5.74, 6) is -1.12. The number of amides is 2. The highest BCUT2D eigenvalue weighted by Crippen LogP contribution is 2.23. The van der Waals surface area contributed by atoms with Crippen LogP contribution in [0.1, 0.15) is 21.5 Å². The predicted octanol–water partition coefficient (Wildman–Crippen LogP) is 2.13. The zero-order valence-corrected chi connectivity index (χ0v) is 11.2. The third-order valence-corrected chi connectivity index (χ3v) is 3.57. The summed E-state index contributed by atoms with van der Waals surface area (Å²) in [6, 6.07) is 10.9. The Kier molecular flexibility index (Phi) is 3.17. The van der Waals surface area contributed by atoms with Crippen LogP contribution in [0.15, 0.2) is 42.5 Å². The molecule has 4 nitrogen and oxygen atoms in total. The van der Waals surface area contributed by atoms with Gasteiger partial charge in [0.05, 0.1) is 13.0 Å². The van der Waals surface area contributed by atoms with E-state index in [1.54, 1.807) is 24.3 Å². The van der Waals surface area contributed by atoms with Gasteiger partial charge in [-0.1, -0.05) is 18.2 Å². The van der Waals surface area contributed by atoms with E-state index in [-0.39, 0.29) is 24.8 Å². The van der Waals surface area contributed by atoms with Crippen LogP contribution in [0.25, 0.3) is 0 Å². The maximum atomic E-state index is 13.3. The van der Waals surface area contributed by atoms with Crippen molar-refractivity contribution in [3.63, 3.8) is 0 Å². The lowest BCUT2D eigenvalue weighted by Crippen LogP contribution is -2.41. The SMILES string of the molecule is Nc1ccc(F)cc1CN1C(=O)Cc2ccccc2C1=O. The Hall–Kier alpha value is -2.69. The highest BCUT2D eigenvalue weighted by Gasteiger charge is 2.30. The standard InChI is InChI=1S/C16H13FN2O2/c17-12-5-6-14(18)11(7-12)9-19-15(20)8-10-3-1-2-4-13(10)16(19)21/h1-7H,8-9,18H2. The van der Waals surface area contributed by atoms with Gasteiger partial charge in [0.1, 0.15) is 5.82 Å². The zero-order valence-electron chi connectivity index (χ0n) is 11.2. The fraction of sp³-hybridized carbons (Fsp3) is 0.125. The van der Waals surface area contributed by atoms with Gasteiger partial charge in [0.25, 0.3) is 5.91 Å². The van der Waals surface area contributed by atoms with E-state index in [1.165, 1.54) is 18.2 Å². The number of halogens is 1. The zero-order chi connectivity index (χ0) is 15.0. The van der Waals surface area contributed by atoms with E-state index in [0.717, 1.165) is 10.5 Å². The van der Waals surface area contributed by atoms with Gasteiger partial charge >= 0.3 is 0 Å². The topological polar surface area (TPSA) is 63.4 Å². The third kappa shape index (κ3) is 2.38. The quantitative estimate of drug-likeness (QED) is 0.678. The van der Waals surface area contributed by atoms with Gasteiger partial charge in [-0.05, 0) is 35.4 Å². The molecule has 0 unspecified atom stereocenters. The number of fused-ring (bicyclic) bond motifs is 1. The molecule has 0 radical (unpaired) electrons. The van der Waals surface area contributed by atoms with Crippen molar-refractivity contribution in [2.75, 3.05) is 5.73 Å². The van der Waals surface area contributed by atoms with Gasteiger partial charge in [-0.2, -0.15) is 0 Å². The van der Waals surface area contributed by atoms with Crippen molar-refractivity contribution in [1.82, 2.24) is 4.90 Å². The molecule has 0 bridgehead atoms. The molecule has 3 rings (SSSR count).